The van der Waals surface area contributed by atoms with Crippen molar-refractivity contribution in [2.45, 2.75) is 13.0 Å². The molecule has 0 saturated heterocycles. The van der Waals surface area contributed by atoms with Crippen molar-refractivity contribution in [3.8, 4) is 0 Å². The van der Waals surface area contributed by atoms with Crippen LogP contribution in [-0.2, 0) is 9.53 Å². The summed E-state index contributed by atoms with van der Waals surface area (Å²) in [6.45, 7) is 1.78. The Morgan fingerprint density at radius 3 is 3.00 bits per heavy atom. The van der Waals surface area contributed by atoms with Crippen molar-refractivity contribution < 1.29 is 9.53 Å². The Balaban J connectivity index is 2.20. The van der Waals surface area contributed by atoms with Crippen LogP contribution >= 0.6 is 11.6 Å². The number of esters is 1. The average molecular weight is 306 g/mol. The molecule has 7 nitrogen and oxygen atoms in total. The highest BCUT2D eigenvalue weighted by Crippen LogP contribution is 2.35. The fourth-order valence-electron chi connectivity index (χ4n) is 2.37. The lowest BCUT2D eigenvalue weighted by Crippen LogP contribution is -2.29. The molecule has 2 heterocycles. The molecule has 0 radical (unpaired) electrons. The van der Waals surface area contributed by atoms with Crippen LogP contribution < -0.4 is 5.32 Å². The van der Waals surface area contributed by atoms with Gasteiger partial charge in [0.2, 0.25) is 5.95 Å². The van der Waals surface area contributed by atoms with Gasteiger partial charge in [-0.05, 0) is 35.0 Å². The fraction of sp³-hybridized carbons (Fsp3) is 0.231. The largest absolute Gasteiger partial charge is 0.466 e. The van der Waals surface area contributed by atoms with E-state index in [9.17, 15) is 4.79 Å². The molecule has 3 rings (SSSR count). The van der Waals surface area contributed by atoms with Gasteiger partial charge in [0, 0.05) is 10.7 Å². The van der Waals surface area contributed by atoms with Crippen molar-refractivity contribution in [2.24, 2.45) is 0 Å². The van der Waals surface area contributed by atoms with Crippen LogP contribution in [0.15, 0.2) is 35.5 Å². The predicted molar refractivity (Wildman–Crippen MR) is 75.7 cm³/mol. The van der Waals surface area contributed by atoms with E-state index in [1.807, 2.05) is 12.1 Å². The van der Waals surface area contributed by atoms with E-state index in [4.69, 9.17) is 16.3 Å². The van der Waals surface area contributed by atoms with Crippen LogP contribution in [0.5, 0.6) is 0 Å². The summed E-state index contributed by atoms with van der Waals surface area (Å²) in [5.74, 6) is 0.0243. The minimum absolute atomic E-state index is 0.439. The van der Waals surface area contributed by atoms with Gasteiger partial charge in [-0.15, -0.1) is 0 Å². The fourth-order valence-corrected chi connectivity index (χ4v) is 2.57. The minimum Gasteiger partial charge on any atom is -0.466 e. The van der Waals surface area contributed by atoms with E-state index in [-0.39, 0.29) is 0 Å². The van der Waals surface area contributed by atoms with E-state index in [2.05, 4.69) is 20.8 Å². The standard InChI is InChI=1S/C13H12ClN5O2/c1-7-10(12(20)21-2)11(8-4-3-5-9(14)6-8)19-13(15-7)16-17-18-19/h3-6,11H,1-2H3,(H,15,16,18). The topological polar surface area (TPSA) is 81.9 Å². The van der Waals surface area contributed by atoms with Crippen LogP contribution in [0.3, 0.4) is 0 Å². The molecule has 0 aliphatic carbocycles. The summed E-state index contributed by atoms with van der Waals surface area (Å²) in [6, 6.07) is 6.74. The molecule has 1 aromatic heterocycles. The summed E-state index contributed by atoms with van der Waals surface area (Å²) in [6.07, 6.45) is 0. The number of carbonyl (C=O) groups excluding carboxylic acids is 1. The van der Waals surface area contributed by atoms with Crippen LogP contribution in [-0.4, -0.2) is 33.3 Å². The van der Waals surface area contributed by atoms with Gasteiger partial charge in [0.15, 0.2) is 0 Å². The number of anilines is 1. The Bertz CT molecular complexity index is 740. The quantitative estimate of drug-likeness (QED) is 0.852. The second kappa shape index (κ2) is 5.17. The number of carbonyl (C=O) groups is 1. The molecule has 0 spiro atoms. The van der Waals surface area contributed by atoms with Crippen LogP contribution in [0.1, 0.15) is 18.5 Å². The number of benzene rings is 1. The summed E-state index contributed by atoms with van der Waals surface area (Å²) < 4.78 is 6.41. The molecule has 2 aromatic rings. The summed E-state index contributed by atoms with van der Waals surface area (Å²) in [5.41, 5.74) is 1.89. The van der Waals surface area contributed by atoms with E-state index in [1.165, 1.54) is 11.8 Å². The number of ether oxygens (including phenoxy) is 1. The monoisotopic (exact) mass is 305 g/mol. The van der Waals surface area contributed by atoms with Crippen LogP contribution in [0.25, 0.3) is 0 Å². The van der Waals surface area contributed by atoms with Crippen LogP contribution in [0, 0.1) is 0 Å². The van der Waals surface area contributed by atoms with Gasteiger partial charge in [0.25, 0.3) is 0 Å². The smallest absolute Gasteiger partial charge is 0.338 e. The highest BCUT2D eigenvalue weighted by Gasteiger charge is 2.34. The van der Waals surface area contributed by atoms with Crippen molar-refractivity contribution in [3.05, 3.63) is 46.1 Å². The van der Waals surface area contributed by atoms with E-state index >= 15 is 0 Å². The average Bonchev–Trinajstić information content (AvgIpc) is 2.92. The van der Waals surface area contributed by atoms with Crippen molar-refractivity contribution in [1.29, 1.82) is 0 Å². The summed E-state index contributed by atoms with van der Waals surface area (Å²) in [4.78, 5) is 12.1. The van der Waals surface area contributed by atoms with E-state index < -0.39 is 12.0 Å². The molecule has 1 atom stereocenters. The second-order valence-corrected chi connectivity index (χ2v) is 5.00. The number of allylic oxidation sites excluding steroid dienone is 1. The third-order valence-corrected chi connectivity index (χ3v) is 3.52. The van der Waals surface area contributed by atoms with Gasteiger partial charge in [-0.3, -0.25) is 0 Å². The Morgan fingerprint density at radius 2 is 2.29 bits per heavy atom. The predicted octanol–water partition coefficient (Wildman–Crippen LogP) is 1.79. The molecule has 1 aliphatic heterocycles. The van der Waals surface area contributed by atoms with Gasteiger partial charge in [-0.2, -0.15) is 4.68 Å². The zero-order valence-corrected chi connectivity index (χ0v) is 12.1. The number of fused-ring (bicyclic) bond motifs is 1. The zero-order chi connectivity index (χ0) is 15.0. The first-order valence-electron chi connectivity index (χ1n) is 6.21. The molecule has 1 aromatic carbocycles. The molecule has 0 bridgehead atoms. The molecule has 0 saturated carbocycles. The van der Waals surface area contributed by atoms with Gasteiger partial charge in [-0.25, -0.2) is 4.79 Å². The number of nitrogens with one attached hydrogen (secondary N) is 1. The summed E-state index contributed by atoms with van der Waals surface area (Å²) >= 11 is 6.05. The Morgan fingerprint density at radius 1 is 1.48 bits per heavy atom. The number of tetrazole rings is 1. The van der Waals surface area contributed by atoms with E-state index in [0.717, 1.165) is 5.56 Å². The number of rotatable bonds is 2. The molecule has 21 heavy (non-hydrogen) atoms. The lowest BCUT2D eigenvalue weighted by Gasteiger charge is -2.27. The highest BCUT2D eigenvalue weighted by atomic mass is 35.5. The van der Waals surface area contributed by atoms with Gasteiger partial charge in [0.1, 0.15) is 6.04 Å². The Labute approximate surface area is 125 Å². The maximum Gasteiger partial charge on any atom is 0.338 e. The zero-order valence-electron chi connectivity index (χ0n) is 11.4. The molecular weight excluding hydrogens is 294 g/mol. The van der Waals surface area contributed by atoms with Gasteiger partial charge >= 0.3 is 5.97 Å². The summed E-state index contributed by atoms with van der Waals surface area (Å²) in [7, 11) is 1.34. The molecule has 8 heteroatoms. The van der Waals surface area contributed by atoms with Crippen molar-refractivity contribution in [2.75, 3.05) is 12.4 Å². The Hall–Kier alpha value is -2.41. The maximum atomic E-state index is 12.1. The lowest BCUT2D eigenvalue weighted by molar-refractivity contribution is -0.136. The first kappa shape index (κ1) is 13.6. The van der Waals surface area contributed by atoms with Crippen molar-refractivity contribution in [3.63, 3.8) is 0 Å². The first-order chi connectivity index (χ1) is 10.1. The molecule has 0 amide bonds. The highest BCUT2D eigenvalue weighted by molar-refractivity contribution is 6.30. The van der Waals surface area contributed by atoms with E-state index in [1.54, 1.807) is 19.1 Å². The number of hydrogen-bond donors (Lipinski definition) is 1. The van der Waals surface area contributed by atoms with Gasteiger partial charge < -0.3 is 10.1 Å². The Kier molecular flexibility index (Phi) is 3.34. The second-order valence-electron chi connectivity index (χ2n) is 4.56. The molecule has 0 fully saturated rings. The third-order valence-electron chi connectivity index (χ3n) is 3.28. The number of methoxy groups -OCH3 is 1. The SMILES string of the molecule is COC(=O)C1=C(C)Nc2nnnn2C1c1cccc(Cl)c1. The molecular formula is C13H12ClN5O2. The molecule has 1 unspecified atom stereocenters. The van der Waals surface area contributed by atoms with E-state index in [0.29, 0.717) is 22.2 Å². The first-order valence-corrected chi connectivity index (χ1v) is 6.59. The van der Waals surface area contributed by atoms with Crippen molar-refractivity contribution in [1.82, 2.24) is 20.2 Å². The molecule has 1 aliphatic rings. The number of aromatic nitrogens is 4. The minimum atomic E-state index is -0.484. The third kappa shape index (κ3) is 2.25. The molecule has 1 N–H and O–H groups in total. The number of nitrogens with zero attached hydrogens (tertiary/aromatic N) is 4. The maximum absolute atomic E-state index is 12.1. The molecule has 108 valence electrons. The normalized spacial score (nSPS) is 17.2. The summed E-state index contributed by atoms with van der Waals surface area (Å²) in [5, 5.41) is 15.1. The van der Waals surface area contributed by atoms with Crippen LogP contribution in [0.4, 0.5) is 5.95 Å². The van der Waals surface area contributed by atoms with Crippen molar-refractivity contribution >= 4 is 23.5 Å². The number of hydrogen-bond acceptors (Lipinski definition) is 6. The van der Waals surface area contributed by atoms with Gasteiger partial charge in [-0.1, -0.05) is 28.8 Å². The van der Waals surface area contributed by atoms with Gasteiger partial charge in [0.05, 0.1) is 12.7 Å². The lowest BCUT2D eigenvalue weighted by atomic mass is 9.96. The number of halogens is 1. The van der Waals surface area contributed by atoms with Crippen LogP contribution in [0.2, 0.25) is 5.02 Å².